The topological polar surface area (TPSA) is 145 Å². The number of carboxylic acids is 1. The number of rotatable bonds is 7. The molecular weight excluding hydrogens is 517 g/mol. The van der Waals surface area contributed by atoms with Crippen LogP contribution < -0.4 is 15.8 Å². The number of alkyl halides is 3. The van der Waals surface area contributed by atoms with E-state index in [1.165, 1.54) is 12.8 Å². The van der Waals surface area contributed by atoms with Gasteiger partial charge in [-0.1, -0.05) is 18.2 Å². The van der Waals surface area contributed by atoms with Crippen LogP contribution in [0.4, 0.5) is 19.1 Å². The van der Waals surface area contributed by atoms with Crippen LogP contribution in [0.1, 0.15) is 28.9 Å². The smallest absolute Gasteiger partial charge is 0.490 e. The Kier molecular flexibility index (Phi) is 7.98. The Morgan fingerprint density at radius 2 is 1.92 bits per heavy atom. The molecule has 39 heavy (non-hydrogen) atoms. The first-order chi connectivity index (χ1) is 18.5. The molecule has 5 rings (SSSR count). The maximum Gasteiger partial charge on any atom is 0.490 e. The summed E-state index contributed by atoms with van der Waals surface area (Å²) in [6.07, 6.45) is -1.05. The van der Waals surface area contributed by atoms with Gasteiger partial charge in [0, 0.05) is 30.2 Å². The van der Waals surface area contributed by atoms with E-state index < -0.39 is 12.1 Å². The molecule has 1 aliphatic carbocycles. The lowest BCUT2D eigenvalue weighted by atomic mass is 10.1. The Morgan fingerprint density at radius 3 is 2.56 bits per heavy atom. The minimum absolute atomic E-state index is 0.202. The fourth-order valence-electron chi connectivity index (χ4n) is 3.77. The molecule has 0 bridgehead atoms. The number of carbonyl (C=O) groups excluding carboxylic acids is 1. The summed E-state index contributed by atoms with van der Waals surface area (Å²) in [7, 11) is 1.63. The number of halogens is 3. The van der Waals surface area contributed by atoms with E-state index in [0.717, 1.165) is 40.0 Å². The average Bonchev–Trinajstić information content (AvgIpc) is 3.66. The number of hydrogen-bond donors (Lipinski definition) is 3. The van der Waals surface area contributed by atoms with E-state index in [1.807, 2.05) is 53.2 Å². The van der Waals surface area contributed by atoms with Gasteiger partial charge in [0.25, 0.3) is 5.91 Å². The van der Waals surface area contributed by atoms with E-state index in [2.05, 4.69) is 15.3 Å². The summed E-state index contributed by atoms with van der Waals surface area (Å²) in [6.45, 7) is 1.19. The molecule has 0 saturated heterocycles. The normalized spacial score (nSPS) is 12.9. The van der Waals surface area contributed by atoms with Crippen LogP contribution in [0, 0.1) is 5.92 Å². The van der Waals surface area contributed by atoms with E-state index in [4.69, 9.17) is 25.5 Å². The molecule has 4 aromatic rings. The van der Waals surface area contributed by atoms with Gasteiger partial charge in [-0.2, -0.15) is 18.3 Å². The Balaban J connectivity index is 0.000000448. The number of hydrogen-bond acceptors (Lipinski definition) is 7. The number of aromatic nitrogens is 4. The van der Waals surface area contributed by atoms with Gasteiger partial charge in [-0.15, -0.1) is 0 Å². The zero-order valence-electron chi connectivity index (χ0n) is 20.8. The van der Waals surface area contributed by atoms with Gasteiger partial charge in [-0.05, 0) is 54.7 Å². The highest BCUT2D eigenvalue weighted by Gasteiger charge is 2.38. The number of nitrogen functional groups attached to an aromatic ring is 1. The quantitative estimate of drug-likeness (QED) is 0.317. The van der Waals surface area contributed by atoms with Crippen molar-refractivity contribution in [2.45, 2.75) is 32.1 Å². The molecule has 204 valence electrons. The van der Waals surface area contributed by atoms with Crippen LogP contribution in [0.25, 0.3) is 22.2 Å². The highest BCUT2D eigenvalue weighted by atomic mass is 19.4. The highest BCUT2D eigenvalue weighted by molar-refractivity contribution is 6.05. The van der Waals surface area contributed by atoms with Crippen LogP contribution >= 0.6 is 0 Å². The van der Waals surface area contributed by atoms with Crippen LogP contribution in [0.3, 0.4) is 0 Å². The third-order valence-corrected chi connectivity index (χ3v) is 5.89. The molecule has 0 unspecified atom stereocenters. The van der Waals surface area contributed by atoms with Crippen molar-refractivity contribution in [2.75, 3.05) is 12.8 Å². The molecule has 1 amide bonds. The van der Waals surface area contributed by atoms with E-state index in [-0.39, 0.29) is 11.9 Å². The summed E-state index contributed by atoms with van der Waals surface area (Å²) >= 11 is 0. The summed E-state index contributed by atoms with van der Waals surface area (Å²) < 4.78 is 38.9. The SMILES string of the molecule is COc1cccc(CNC(=O)c2nn(CC3CC3)c3cc(-c4ccnc(N)n4)ccc23)c1.O=C(O)C(F)(F)F. The Bertz CT molecular complexity index is 1500. The van der Waals surface area contributed by atoms with E-state index in [0.29, 0.717) is 18.2 Å². The first-order valence-corrected chi connectivity index (χ1v) is 11.9. The van der Waals surface area contributed by atoms with Gasteiger partial charge in [0.2, 0.25) is 5.95 Å². The van der Waals surface area contributed by atoms with Crippen LogP contribution in [0.2, 0.25) is 0 Å². The van der Waals surface area contributed by atoms with Crippen molar-refractivity contribution in [1.29, 1.82) is 0 Å². The minimum atomic E-state index is -5.08. The zero-order chi connectivity index (χ0) is 28.2. The molecule has 2 heterocycles. The van der Waals surface area contributed by atoms with Crippen LogP contribution in [0.5, 0.6) is 5.75 Å². The van der Waals surface area contributed by atoms with Crippen molar-refractivity contribution < 1.29 is 32.6 Å². The van der Waals surface area contributed by atoms with Crippen molar-refractivity contribution in [3.8, 4) is 17.0 Å². The second kappa shape index (κ2) is 11.4. The number of methoxy groups -OCH3 is 1. The van der Waals surface area contributed by atoms with Crippen molar-refractivity contribution in [2.24, 2.45) is 5.92 Å². The van der Waals surface area contributed by atoms with Crippen LogP contribution in [-0.2, 0) is 17.9 Å². The first kappa shape index (κ1) is 27.4. The van der Waals surface area contributed by atoms with Gasteiger partial charge in [-0.25, -0.2) is 14.8 Å². The monoisotopic (exact) mass is 542 g/mol. The van der Waals surface area contributed by atoms with Gasteiger partial charge >= 0.3 is 12.1 Å². The van der Waals surface area contributed by atoms with Crippen LogP contribution in [0.15, 0.2) is 54.7 Å². The molecule has 1 aliphatic rings. The number of benzene rings is 2. The van der Waals surface area contributed by atoms with Gasteiger partial charge < -0.3 is 20.9 Å². The minimum Gasteiger partial charge on any atom is -0.497 e. The molecule has 10 nitrogen and oxygen atoms in total. The second-order valence-corrected chi connectivity index (χ2v) is 8.84. The first-order valence-electron chi connectivity index (χ1n) is 11.9. The van der Waals surface area contributed by atoms with E-state index >= 15 is 0 Å². The average molecular weight is 543 g/mol. The predicted octanol–water partition coefficient (Wildman–Crippen LogP) is 4.06. The number of nitrogens with one attached hydrogen (secondary N) is 1. The van der Waals surface area contributed by atoms with Gasteiger partial charge in [0.1, 0.15) is 5.75 Å². The largest absolute Gasteiger partial charge is 0.497 e. The lowest BCUT2D eigenvalue weighted by Crippen LogP contribution is -2.23. The lowest BCUT2D eigenvalue weighted by molar-refractivity contribution is -0.192. The fraction of sp³-hybridized carbons (Fsp3) is 0.269. The third-order valence-electron chi connectivity index (χ3n) is 5.89. The number of fused-ring (bicyclic) bond motifs is 1. The van der Waals surface area contributed by atoms with Crippen LogP contribution in [-0.4, -0.2) is 50.0 Å². The lowest BCUT2D eigenvalue weighted by Gasteiger charge is -2.06. The number of carbonyl (C=O) groups is 2. The van der Waals surface area contributed by atoms with Crippen molar-refractivity contribution >= 4 is 28.7 Å². The second-order valence-electron chi connectivity index (χ2n) is 8.84. The predicted molar refractivity (Wildman–Crippen MR) is 136 cm³/mol. The standard InChI is InChI=1S/C24H24N6O2.C2HF3O2/c1-32-18-4-2-3-16(11-18)13-27-23(31)22-19-8-7-17(20-9-10-26-24(25)28-20)12-21(19)30(29-22)14-15-5-6-15;3-2(4,5)1(6)7/h2-4,7-12,15H,5-6,13-14H2,1H3,(H,27,31)(H2,25,26,28);(H,6,7). The number of amides is 1. The number of anilines is 1. The maximum absolute atomic E-state index is 13.0. The summed E-state index contributed by atoms with van der Waals surface area (Å²) in [5, 5.41) is 15.6. The Morgan fingerprint density at radius 1 is 1.18 bits per heavy atom. The molecule has 1 saturated carbocycles. The zero-order valence-corrected chi connectivity index (χ0v) is 20.8. The molecular formula is C26H25F3N6O4. The van der Waals surface area contributed by atoms with Crippen molar-refractivity contribution in [3.05, 3.63) is 66.0 Å². The maximum atomic E-state index is 13.0. The molecule has 0 atom stereocenters. The summed E-state index contributed by atoms with van der Waals surface area (Å²) in [6, 6.07) is 15.3. The summed E-state index contributed by atoms with van der Waals surface area (Å²) in [5.41, 5.74) is 9.71. The van der Waals surface area contributed by atoms with Gasteiger partial charge in [0.15, 0.2) is 5.69 Å². The summed E-state index contributed by atoms with van der Waals surface area (Å²) in [5.74, 6) is -1.36. The number of nitrogens with zero attached hydrogens (tertiary/aromatic N) is 4. The number of aliphatic carboxylic acids is 1. The molecule has 2 aromatic carbocycles. The number of nitrogens with two attached hydrogens (primary N) is 1. The van der Waals surface area contributed by atoms with Crippen molar-refractivity contribution in [3.63, 3.8) is 0 Å². The molecule has 13 heteroatoms. The third kappa shape index (κ3) is 7.00. The Labute approximate surface area is 220 Å². The van der Waals surface area contributed by atoms with Crippen molar-refractivity contribution in [1.82, 2.24) is 25.1 Å². The highest BCUT2D eigenvalue weighted by Crippen LogP contribution is 2.33. The molecule has 0 radical (unpaired) electrons. The fourth-order valence-corrected chi connectivity index (χ4v) is 3.77. The molecule has 2 aromatic heterocycles. The Hall–Kier alpha value is -4.68. The van der Waals surface area contributed by atoms with Gasteiger partial charge in [-0.3, -0.25) is 9.48 Å². The van der Waals surface area contributed by atoms with E-state index in [9.17, 15) is 18.0 Å². The molecule has 1 fully saturated rings. The summed E-state index contributed by atoms with van der Waals surface area (Å²) in [4.78, 5) is 30.2. The molecule has 0 aliphatic heterocycles. The number of carboxylic acid groups (broad SMARTS) is 1. The number of ether oxygens (including phenoxy) is 1. The van der Waals surface area contributed by atoms with E-state index in [1.54, 1.807) is 13.3 Å². The molecule has 4 N–H and O–H groups in total. The van der Waals surface area contributed by atoms with Gasteiger partial charge in [0.05, 0.1) is 18.3 Å². The molecule has 0 spiro atoms.